The van der Waals surface area contributed by atoms with Crippen LogP contribution in [0.5, 0.6) is 0 Å². The van der Waals surface area contributed by atoms with Gasteiger partial charge in [-0.3, -0.25) is 4.90 Å². The number of anilines is 1. The maximum absolute atomic E-state index is 12.0. The Labute approximate surface area is 105 Å². The van der Waals surface area contributed by atoms with Crippen molar-refractivity contribution in [2.45, 2.75) is 12.5 Å². The SMILES string of the molecule is CN(C)C(=O)N1CCC(O)c2cc(Cl)ccc21. The lowest BCUT2D eigenvalue weighted by Gasteiger charge is -2.33. The lowest BCUT2D eigenvalue weighted by Crippen LogP contribution is -2.42. The molecule has 17 heavy (non-hydrogen) atoms. The first kappa shape index (κ1) is 12.2. The summed E-state index contributed by atoms with van der Waals surface area (Å²) in [5.41, 5.74) is 1.46. The van der Waals surface area contributed by atoms with Crippen LogP contribution in [0.15, 0.2) is 18.2 Å². The van der Waals surface area contributed by atoms with Crippen LogP contribution in [0.25, 0.3) is 0 Å². The number of fused-ring (bicyclic) bond motifs is 1. The molecule has 92 valence electrons. The molecule has 1 unspecified atom stereocenters. The number of hydrogen-bond acceptors (Lipinski definition) is 2. The van der Waals surface area contributed by atoms with Crippen molar-refractivity contribution in [1.29, 1.82) is 0 Å². The molecule has 1 aromatic carbocycles. The topological polar surface area (TPSA) is 43.8 Å². The summed E-state index contributed by atoms with van der Waals surface area (Å²) in [6.45, 7) is 0.521. The molecule has 0 saturated carbocycles. The maximum Gasteiger partial charge on any atom is 0.323 e. The Hall–Kier alpha value is -1.26. The first-order valence-corrected chi connectivity index (χ1v) is 5.85. The van der Waals surface area contributed by atoms with Gasteiger partial charge in [-0.1, -0.05) is 11.6 Å². The lowest BCUT2D eigenvalue weighted by molar-refractivity contribution is 0.162. The molecule has 0 spiro atoms. The van der Waals surface area contributed by atoms with Crippen molar-refractivity contribution in [1.82, 2.24) is 4.90 Å². The van der Waals surface area contributed by atoms with Gasteiger partial charge in [-0.25, -0.2) is 4.79 Å². The fourth-order valence-electron chi connectivity index (χ4n) is 2.01. The molecule has 2 amide bonds. The number of hydrogen-bond donors (Lipinski definition) is 1. The molecule has 1 heterocycles. The van der Waals surface area contributed by atoms with Crippen LogP contribution < -0.4 is 4.90 Å². The summed E-state index contributed by atoms with van der Waals surface area (Å²) >= 11 is 5.91. The van der Waals surface area contributed by atoms with Gasteiger partial charge in [-0.05, 0) is 24.6 Å². The van der Waals surface area contributed by atoms with Crippen LogP contribution in [0.2, 0.25) is 5.02 Å². The van der Waals surface area contributed by atoms with E-state index in [1.54, 1.807) is 37.2 Å². The van der Waals surface area contributed by atoms with Gasteiger partial charge < -0.3 is 10.0 Å². The van der Waals surface area contributed by atoms with E-state index in [9.17, 15) is 9.90 Å². The molecule has 1 aliphatic rings. The minimum atomic E-state index is -0.546. The van der Waals surface area contributed by atoms with Gasteiger partial charge in [0.25, 0.3) is 0 Å². The Balaban J connectivity index is 2.42. The predicted octanol–water partition coefficient (Wildman–Crippen LogP) is 2.27. The Kier molecular flexibility index (Phi) is 3.26. The van der Waals surface area contributed by atoms with Crippen molar-refractivity contribution >= 4 is 23.3 Å². The van der Waals surface area contributed by atoms with Crippen molar-refractivity contribution in [3.8, 4) is 0 Å². The van der Waals surface area contributed by atoms with E-state index in [1.165, 1.54) is 4.90 Å². The van der Waals surface area contributed by atoms with Crippen molar-refractivity contribution < 1.29 is 9.90 Å². The zero-order chi connectivity index (χ0) is 12.6. The minimum absolute atomic E-state index is 0.0829. The second-order valence-corrected chi connectivity index (χ2v) is 4.77. The van der Waals surface area contributed by atoms with E-state index >= 15 is 0 Å². The highest BCUT2D eigenvalue weighted by Gasteiger charge is 2.28. The van der Waals surface area contributed by atoms with Crippen LogP contribution in [-0.4, -0.2) is 36.7 Å². The summed E-state index contributed by atoms with van der Waals surface area (Å²) in [5.74, 6) is 0. The van der Waals surface area contributed by atoms with E-state index in [4.69, 9.17) is 11.6 Å². The zero-order valence-electron chi connectivity index (χ0n) is 9.85. The number of halogens is 1. The van der Waals surface area contributed by atoms with Crippen molar-refractivity contribution in [2.75, 3.05) is 25.5 Å². The normalized spacial score (nSPS) is 18.8. The molecule has 0 aliphatic carbocycles. The number of urea groups is 1. The van der Waals surface area contributed by atoms with Crippen molar-refractivity contribution in [3.05, 3.63) is 28.8 Å². The standard InChI is InChI=1S/C12H15ClN2O2/c1-14(2)12(17)15-6-5-11(16)9-7-8(13)3-4-10(9)15/h3-4,7,11,16H,5-6H2,1-2H3. The molecule has 1 N–H and O–H groups in total. The van der Waals surface area contributed by atoms with Crippen LogP contribution in [0.1, 0.15) is 18.1 Å². The Bertz CT molecular complexity index is 448. The van der Waals surface area contributed by atoms with E-state index in [0.717, 1.165) is 11.3 Å². The summed E-state index contributed by atoms with van der Waals surface area (Å²) in [6.07, 6.45) is -0.0117. The Morgan fingerprint density at radius 1 is 1.53 bits per heavy atom. The van der Waals surface area contributed by atoms with Gasteiger partial charge in [0.2, 0.25) is 0 Å². The third-order valence-electron chi connectivity index (χ3n) is 2.88. The van der Waals surface area contributed by atoms with E-state index < -0.39 is 6.10 Å². The molecule has 0 aromatic heterocycles. The summed E-state index contributed by atoms with van der Waals surface area (Å²) in [6, 6.07) is 5.15. The molecule has 5 heteroatoms. The summed E-state index contributed by atoms with van der Waals surface area (Å²) in [7, 11) is 3.42. The van der Waals surface area contributed by atoms with Gasteiger partial charge in [0.1, 0.15) is 0 Å². The number of benzene rings is 1. The third kappa shape index (κ3) is 2.23. The van der Waals surface area contributed by atoms with Gasteiger partial charge in [0, 0.05) is 31.2 Å². The molecule has 0 fully saturated rings. The first-order valence-electron chi connectivity index (χ1n) is 5.47. The summed E-state index contributed by atoms with van der Waals surface area (Å²) in [4.78, 5) is 15.2. The largest absolute Gasteiger partial charge is 0.388 e. The number of carbonyl (C=O) groups excluding carboxylic acids is 1. The monoisotopic (exact) mass is 254 g/mol. The summed E-state index contributed by atoms with van der Waals surface area (Å²) in [5, 5.41) is 10.5. The predicted molar refractivity (Wildman–Crippen MR) is 67.5 cm³/mol. The number of aliphatic hydroxyl groups excluding tert-OH is 1. The average molecular weight is 255 g/mol. The number of carbonyl (C=O) groups is 1. The van der Waals surface area contributed by atoms with E-state index in [1.807, 2.05) is 0 Å². The molecule has 0 radical (unpaired) electrons. The molecule has 1 atom stereocenters. The highest BCUT2D eigenvalue weighted by molar-refractivity contribution is 6.30. The molecule has 0 saturated heterocycles. The molecule has 1 aliphatic heterocycles. The van der Waals surface area contributed by atoms with Crippen molar-refractivity contribution in [3.63, 3.8) is 0 Å². The molecular weight excluding hydrogens is 240 g/mol. The van der Waals surface area contributed by atoms with Crippen LogP contribution in [0, 0.1) is 0 Å². The first-order chi connectivity index (χ1) is 8.00. The van der Waals surface area contributed by atoms with Crippen LogP contribution in [-0.2, 0) is 0 Å². The number of amides is 2. The second kappa shape index (κ2) is 4.55. The highest BCUT2D eigenvalue weighted by atomic mass is 35.5. The van der Waals surface area contributed by atoms with Crippen LogP contribution >= 0.6 is 11.6 Å². The zero-order valence-corrected chi connectivity index (χ0v) is 10.6. The molecule has 0 bridgehead atoms. The smallest absolute Gasteiger partial charge is 0.323 e. The van der Waals surface area contributed by atoms with Crippen LogP contribution in [0.3, 0.4) is 0 Å². The van der Waals surface area contributed by atoms with E-state index in [-0.39, 0.29) is 6.03 Å². The number of nitrogens with zero attached hydrogens (tertiary/aromatic N) is 2. The highest BCUT2D eigenvalue weighted by Crippen LogP contribution is 2.35. The van der Waals surface area contributed by atoms with Gasteiger partial charge in [-0.15, -0.1) is 0 Å². The van der Waals surface area contributed by atoms with E-state index in [0.29, 0.717) is 18.0 Å². The van der Waals surface area contributed by atoms with Crippen molar-refractivity contribution in [2.24, 2.45) is 0 Å². The molecule has 4 nitrogen and oxygen atoms in total. The third-order valence-corrected chi connectivity index (χ3v) is 3.11. The maximum atomic E-state index is 12.0. The van der Waals surface area contributed by atoms with E-state index in [2.05, 4.69) is 0 Å². The number of aliphatic hydroxyl groups is 1. The number of rotatable bonds is 0. The van der Waals surface area contributed by atoms with Gasteiger partial charge in [0.05, 0.1) is 11.8 Å². The molecule has 2 rings (SSSR count). The van der Waals surface area contributed by atoms with Gasteiger partial charge in [-0.2, -0.15) is 0 Å². The Morgan fingerprint density at radius 3 is 2.88 bits per heavy atom. The fourth-order valence-corrected chi connectivity index (χ4v) is 2.19. The quantitative estimate of drug-likeness (QED) is 0.772. The second-order valence-electron chi connectivity index (χ2n) is 4.34. The van der Waals surface area contributed by atoms with Crippen LogP contribution in [0.4, 0.5) is 10.5 Å². The minimum Gasteiger partial charge on any atom is -0.388 e. The lowest BCUT2D eigenvalue weighted by atomic mass is 9.99. The Morgan fingerprint density at radius 2 is 2.24 bits per heavy atom. The molecule has 1 aromatic rings. The molecular formula is C12H15ClN2O2. The van der Waals surface area contributed by atoms with Gasteiger partial charge >= 0.3 is 6.03 Å². The fraction of sp³-hybridized carbons (Fsp3) is 0.417. The summed E-state index contributed by atoms with van der Waals surface area (Å²) < 4.78 is 0. The van der Waals surface area contributed by atoms with Gasteiger partial charge in [0.15, 0.2) is 0 Å². The average Bonchev–Trinajstić information content (AvgIpc) is 2.29.